The van der Waals surface area contributed by atoms with Crippen LogP contribution in [0.3, 0.4) is 0 Å². The fraction of sp³-hybridized carbons (Fsp3) is 0.353. The molecule has 1 aromatic heterocycles. The smallest absolute Gasteiger partial charge is 0.311 e. The summed E-state index contributed by atoms with van der Waals surface area (Å²) in [6, 6.07) is 2.72. The van der Waals surface area contributed by atoms with E-state index in [-0.39, 0.29) is 18.0 Å². The summed E-state index contributed by atoms with van der Waals surface area (Å²) in [7, 11) is 0. The number of hydrazone groups is 1. The minimum atomic E-state index is -0.551. The number of nitrogens with zero attached hydrogens (tertiary/aromatic N) is 3. The van der Waals surface area contributed by atoms with E-state index in [4.69, 9.17) is 15.2 Å². The molecule has 3 N–H and O–H groups in total. The molecule has 0 aliphatic carbocycles. The second-order valence-corrected chi connectivity index (χ2v) is 6.39. The van der Waals surface area contributed by atoms with Gasteiger partial charge in [-0.15, -0.1) is 0 Å². The zero-order valence-electron chi connectivity index (χ0n) is 15.7. The number of aromatic nitrogens is 1. The first kappa shape index (κ1) is 21.1. The lowest BCUT2D eigenvalue weighted by Crippen LogP contribution is -2.18. The van der Waals surface area contributed by atoms with E-state index in [0.717, 1.165) is 11.3 Å². The zero-order valence-corrected chi connectivity index (χ0v) is 16.5. The Morgan fingerprint density at radius 3 is 2.61 bits per heavy atom. The lowest BCUT2D eigenvalue weighted by Gasteiger charge is -2.10. The quantitative estimate of drug-likeness (QED) is 0.370. The van der Waals surface area contributed by atoms with Crippen molar-refractivity contribution in [2.24, 2.45) is 5.10 Å². The molecular weight excluding hydrogens is 386 g/mol. The van der Waals surface area contributed by atoms with Crippen molar-refractivity contribution in [3.63, 3.8) is 0 Å². The molecule has 28 heavy (non-hydrogen) atoms. The number of amides is 1. The number of rotatable bonds is 9. The van der Waals surface area contributed by atoms with Gasteiger partial charge in [0.2, 0.25) is 5.75 Å². The molecule has 2 rings (SSSR count). The van der Waals surface area contributed by atoms with Crippen LogP contribution in [-0.4, -0.2) is 35.2 Å². The first-order valence-corrected chi connectivity index (χ1v) is 9.39. The van der Waals surface area contributed by atoms with Gasteiger partial charge in [0.1, 0.15) is 10.6 Å². The van der Waals surface area contributed by atoms with E-state index in [1.165, 1.54) is 18.3 Å². The Morgan fingerprint density at radius 1 is 1.32 bits per heavy atom. The second kappa shape index (κ2) is 9.65. The van der Waals surface area contributed by atoms with Crippen molar-refractivity contribution in [1.82, 2.24) is 10.4 Å². The van der Waals surface area contributed by atoms with Crippen molar-refractivity contribution in [2.45, 2.75) is 27.2 Å². The number of ether oxygens (including phenoxy) is 2. The summed E-state index contributed by atoms with van der Waals surface area (Å²) >= 11 is 1.07. The number of aryl methyl sites for hydroxylation is 1. The van der Waals surface area contributed by atoms with Gasteiger partial charge in [0.25, 0.3) is 5.91 Å². The number of anilines is 1. The molecule has 0 aliphatic rings. The van der Waals surface area contributed by atoms with E-state index in [1.807, 2.05) is 6.92 Å². The highest BCUT2D eigenvalue weighted by Crippen LogP contribution is 2.34. The standard InChI is InChI=1S/C17H21N5O5S/c1-4-11-15(28-17(18)20-11)16(23)21-19-9-10-7-12(22(24)25)14(27-6-3)8-13(10)26-5-2/h7-9H,4-6H2,1-3H3,(H2,18,20)(H,21,23)/b19-9-. The van der Waals surface area contributed by atoms with Crippen LogP contribution in [0, 0.1) is 10.1 Å². The van der Waals surface area contributed by atoms with Crippen LogP contribution in [0.5, 0.6) is 11.5 Å². The summed E-state index contributed by atoms with van der Waals surface area (Å²) in [6.45, 7) is 5.99. The number of thiazole rings is 1. The second-order valence-electron chi connectivity index (χ2n) is 5.36. The van der Waals surface area contributed by atoms with Crippen LogP contribution in [-0.2, 0) is 6.42 Å². The zero-order chi connectivity index (χ0) is 20.7. The fourth-order valence-electron chi connectivity index (χ4n) is 2.36. The molecule has 150 valence electrons. The summed E-state index contributed by atoms with van der Waals surface area (Å²) in [5.41, 5.74) is 8.72. The molecule has 0 unspecified atom stereocenters. The first-order valence-electron chi connectivity index (χ1n) is 8.57. The predicted molar refractivity (Wildman–Crippen MR) is 106 cm³/mol. The number of nitro groups is 1. The first-order chi connectivity index (χ1) is 13.4. The summed E-state index contributed by atoms with van der Waals surface area (Å²) in [5.74, 6) is -0.00335. The van der Waals surface area contributed by atoms with Gasteiger partial charge in [0.05, 0.1) is 30.0 Å². The summed E-state index contributed by atoms with van der Waals surface area (Å²) in [5, 5.41) is 15.5. The van der Waals surface area contributed by atoms with Gasteiger partial charge in [0.15, 0.2) is 5.13 Å². The summed E-state index contributed by atoms with van der Waals surface area (Å²) < 4.78 is 10.8. The Balaban J connectivity index is 2.29. The van der Waals surface area contributed by atoms with Gasteiger partial charge in [-0.2, -0.15) is 5.10 Å². The lowest BCUT2D eigenvalue weighted by atomic mass is 10.1. The molecule has 1 heterocycles. The van der Waals surface area contributed by atoms with Crippen molar-refractivity contribution in [3.05, 3.63) is 38.4 Å². The molecule has 0 spiro atoms. The lowest BCUT2D eigenvalue weighted by molar-refractivity contribution is -0.385. The van der Waals surface area contributed by atoms with Crippen molar-refractivity contribution in [2.75, 3.05) is 18.9 Å². The van der Waals surface area contributed by atoms with E-state index in [2.05, 4.69) is 15.5 Å². The van der Waals surface area contributed by atoms with Gasteiger partial charge >= 0.3 is 5.69 Å². The number of nitrogen functional groups attached to an aromatic ring is 1. The fourth-order valence-corrected chi connectivity index (χ4v) is 3.17. The maximum Gasteiger partial charge on any atom is 0.311 e. The SMILES string of the molecule is CCOc1cc(OCC)c([N+](=O)[O-])cc1/C=N\NC(=O)c1sc(N)nc1CC. The number of benzene rings is 1. The van der Waals surface area contributed by atoms with Crippen LogP contribution < -0.4 is 20.6 Å². The number of hydrogen-bond donors (Lipinski definition) is 2. The third-order valence-corrected chi connectivity index (χ3v) is 4.44. The normalized spacial score (nSPS) is 10.8. The Kier molecular flexibility index (Phi) is 7.27. The Morgan fingerprint density at radius 2 is 2.00 bits per heavy atom. The molecule has 10 nitrogen and oxygen atoms in total. The number of nitrogens with one attached hydrogen (secondary N) is 1. The van der Waals surface area contributed by atoms with Gasteiger partial charge in [-0.25, -0.2) is 10.4 Å². The van der Waals surface area contributed by atoms with Crippen LogP contribution in [0.25, 0.3) is 0 Å². The molecular formula is C17H21N5O5S. The van der Waals surface area contributed by atoms with E-state index in [1.54, 1.807) is 13.8 Å². The van der Waals surface area contributed by atoms with Crippen molar-refractivity contribution >= 4 is 34.3 Å². The molecule has 0 bridgehead atoms. The van der Waals surface area contributed by atoms with Gasteiger partial charge < -0.3 is 15.2 Å². The topological polar surface area (TPSA) is 142 Å². The third-order valence-electron chi connectivity index (χ3n) is 3.51. The highest BCUT2D eigenvalue weighted by Gasteiger charge is 2.20. The van der Waals surface area contributed by atoms with Gasteiger partial charge in [0, 0.05) is 17.7 Å². The molecule has 0 atom stereocenters. The highest BCUT2D eigenvalue weighted by atomic mass is 32.1. The van der Waals surface area contributed by atoms with Crippen molar-refractivity contribution in [1.29, 1.82) is 0 Å². The summed E-state index contributed by atoms with van der Waals surface area (Å²) in [6.07, 6.45) is 1.83. The minimum absolute atomic E-state index is 0.102. The van der Waals surface area contributed by atoms with Crippen molar-refractivity contribution < 1.29 is 19.2 Å². The van der Waals surface area contributed by atoms with Gasteiger partial charge in [-0.1, -0.05) is 18.3 Å². The molecule has 11 heteroatoms. The maximum absolute atomic E-state index is 12.3. The van der Waals surface area contributed by atoms with Gasteiger partial charge in [-0.05, 0) is 20.3 Å². The Labute approximate surface area is 165 Å². The Bertz CT molecular complexity index is 896. The number of carbonyl (C=O) groups excluding carboxylic acids is 1. The predicted octanol–water partition coefficient (Wildman–Crippen LogP) is 2.76. The van der Waals surface area contributed by atoms with Crippen LogP contribution in [0.4, 0.5) is 10.8 Å². The van der Waals surface area contributed by atoms with E-state index in [0.29, 0.717) is 40.0 Å². The minimum Gasteiger partial charge on any atom is -0.493 e. The van der Waals surface area contributed by atoms with E-state index in [9.17, 15) is 14.9 Å². The third kappa shape index (κ3) is 4.94. The van der Waals surface area contributed by atoms with E-state index >= 15 is 0 Å². The average Bonchev–Trinajstić information content (AvgIpc) is 3.04. The van der Waals surface area contributed by atoms with Gasteiger partial charge in [-0.3, -0.25) is 14.9 Å². The van der Waals surface area contributed by atoms with Crippen molar-refractivity contribution in [3.8, 4) is 11.5 Å². The monoisotopic (exact) mass is 407 g/mol. The molecule has 0 saturated heterocycles. The molecule has 1 aromatic carbocycles. The van der Waals surface area contributed by atoms with Crippen LogP contribution >= 0.6 is 11.3 Å². The molecule has 0 saturated carbocycles. The number of hydrogen-bond acceptors (Lipinski definition) is 9. The summed E-state index contributed by atoms with van der Waals surface area (Å²) in [4.78, 5) is 27.5. The number of nitro benzene ring substituents is 1. The molecule has 0 radical (unpaired) electrons. The van der Waals surface area contributed by atoms with Crippen LogP contribution in [0.15, 0.2) is 17.2 Å². The largest absolute Gasteiger partial charge is 0.493 e. The van der Waals surface area contributed by atoms with Crippen LogP contribution in [0.1, 0.15) is 41.7 Å². The molecule has 0 aliphatic heterocycles. The molecule has 1 amide bonds. The average molecular weight is 407 g/mol. The number of carbonyl (C=O) groups is 1. The Hall–Kier alpha value is -3.21. The molecule has 0 fully saturated rings. The maximum atomic E-state index is 12.3. The van der Waals surface area contributed by atoms with Crippen LogP contribution in [0.2, 0.25) is 0 Å². The molecule has 2 aromatic rings. The van der Waals surface area contributed by atoms with E-state index < -0.39 is 10.8 Å². The highest BCUT2D eigenvalue weighted by molar-refractivity contribution is 7.17. The number of nitrogens with two attached hydrogens (primary N) is 1.